The Bertz CT molecular complexity index is 741. The summed E-state index contributed by atoms with van der Waals surface area (Å²) in [4.78, 5) is 11.3. The molecule has 2 aromatic rings. The third-order valence-corrected chi connectivity index (χ3v) is 4.00. The zero-order chi connectivity index (χ0) is 16.4. The minimum Gasteiger partial charge on any atom is -0.497 e. The molecule has 0 aliphatic carbocycles. The molecule has 1 aliphatic heterocycles. The van der Waals surface area contributed by atoms with Gasteiger partial charge in [-0.3, -0.25) is 5.01 Å². The highest BCUT2D eigenvalue weighted by atomic mass is 35.5. The Kier molecular flexibility index (Phi) is 4.21. The zero-order valence-electron chi connectivity index (χ0n) is 12.4. The van der Waals surface area contributed by atoms with Gasteiger partial charge in [-0.25, -0.2) is 4.79 Å². The number of nitrogens with zero attached hydrogens (tertiary/aromatic N) is 2. The topological polar surface area (TPSA) is 62.1 Å². The number of hydrazone groups is 1. The van der Waals surface area contributed by atoms with Crippen LogP contribution >= 0.6 is 11.6 Å². The lowest BCUT2D eigenvalue weighted by atomic mass is 10.0. The van der Waals surface area contributed by atoms with Gasteiger partial charge in [0.2, 0.25) is 0 Å². The maximum absolute atomic E-state index is 11.3. The summed E-state index contributed by atoms with van der Waals surface area (Å²) < 4.78 is 5.15. The molecule has 23 heavy (non-hydrogen) atoms. The van der Waals surface area contributed by atoms with Gasteiger partial charge in [0.25, 0.3) is 0 Å². The third kappa shape index (κ3) is 3.14. The number of carboxylic acids is 1. The molecule has 1 N–H and O–H groups in total. The van der Waals surface area contributed by atoms with Crippen LogP contribution in [0.1, 0.15) is 18.0 Å². The number of aliphatic carboxylic acids is 1. The molecule has 1 unspecified atom stereocenters. The van der Waals surface area contributed by atoms with E-state index >= 15 is 0 Å². The molecule has 0 bridgehead atoms. The molecule has 2 aromatic carbocycles. The lowest BCUT2D eigenvalue weighted by Crippen LogP contribution is -2.18. The third-order valence-electron chi connectivity index (χ3n) is 3.75. The maximum Gasteiger partial charge on any atom is 0.352 e. The van der Waals surface area contributed by atoms with Crippen LogP contribution in [0.3, 0.4) is 0 Å². The molecule has 3 rings (SSSR count). The van der Waals surface area contributed by atoms with Gasteiger partial charge in [-0.05, 0) is 42.0 Å². The van der Waals surface area contributed by atoms with Crippen LogP contribution < -0.4 is 9.75 Å². The molecule has 0 aromatic heterocycles. The summed E-state index contributed by atoms with van der Waals surface area (Å²) in [5, 5.41) is 15.9. The van der Waals surface area contributed by atoms with Crippen LogP contribution in [0, 0.1) is 0 Å². The highest BCUT2D eigenvalue weighted by molar-refractivity contribution is 6.36. The highest BCUT2D eigenvalue weighted by Crippen LogP contribution is 2.36. The average molecular weight is 331 g/mol. The Morgan fingerprint density at radius 3 is 2.43 bits per heavy atom. The standard InChI is InChI=1S/C17H15ClN2O3/c1-23-14-8-6-13(7-9-14)20-16(10-15(19-20)17(21)22)11-2-4-12(18)5-3-11/h2-9,16H,10H2,1H3,(H,21,22). The van der Waals surface area contributed by atoms with Gasteiger partial charge in [-0.1, -0.05) is 23.7 Å². The van der Waals surface area contributed by atoms with Gasteiger partial charge in [0.15, 0.2) is 0 Å². The minimum atomic E-state index is -1.00. The van der Waals surface area contributed by atoms with Crippen LogP contribution in [0.4, 0.5) is 5.69 Å². The van der Waals surface area contributed by atoms with E-state index in [2.05, 4.69) is 5.10 Å². The molecule has 1 heterocycles. The molecule has 6 heteroatoms. The number of hydrogen-bond donors (Lipinski definition) is 1. The van der Waals surface area contributed by atoms with E-state index in [1.807, 2.05) is 36.4 Å². The number of hydrogen-bond acceptors (Lipinski definition) is 4. The number of methoxy groups -OCH3 is 1. The fraction of sp³-hybridized carbons (Fsp3) is 0.176. The molecular weight excluding hydrogens is 316 g/mol. The Morgan fingerprint density at radius 1 is 1.22 bits per heavy atom. The lowest BCUT2D eigenvalue weighted by molar-refractivity contribution is -0.129. The first-order valence-corrected chi connectivity index (χ1v) is 7.46. The van der Waals surface area contributed by atoms with Crippen molar-refractivity contribution in [2.24, 2.45) is 5.10 Å². The first-order chi connectivity index (χ1) is 11.1. The maximum atomic E-state index is 11.3. The Morgan fingerprint density at radius 2 is 1.87 bits per heavy atom. The first-order valence-electron chi connectivity index (χ1n) is 7.08. The van der Waals surface area contributed by atoms with E-state index in [1.165, 1.54) is 0 Å². The summed E-state index contributed by atoms with van der Waals surface area (Å²) in [6, 6.07) is 14.6. The predicted molar refractivity (Wildman–Crippen MR) is 89.4 cm³/mol. The molecule has 1 aliphatic rings. The van der Waals surface area contributed by atoms with E-state index in [0.717, 1.165) is 17.0 Å². The predicted octanol–water partition coefficient (Wildman–Crippen LogP) is 3.74. The van der Waals surface area contributed by atoms with Crippen molar-refractivity contribution in [3.63, 3.8) is 0 Å². The molecule has 5 nitrogen and oxygen atoms in total. The van der Waals surface area contributed by atoms with Gasteiger partial charge in [0.1, 0.15) is 11.5 Å². The number of halogens is 1. The molecular formula is C17H15ClN2O3. The Balaban J connectivity index is 1.97. The van der Waals surface area contributed by atoms with Crippen molar-refractivity contribution < 1.29 is 14.6 Å². The second kappa shape index (κ2) is 6.30. The van der Waals surface area contributed by atoms with Crippen molar-refractivity contribution in [3.05, 3.63) is 59.1 Å². The summed E-state index contributed by atoms with van der Waals surface area (Å²) in [6.45, 7) is 0. The monoisotopic (exact) mass is 330 g/mol. The van der Waals surface area contributed by atoms with Crippen molar-refractivity contribution in [3.8, 4) is 5.75 Å². The molecule has 1 atom stereocenters. The number of ether oxygens (including phenoxy) is 1. The van der Waals surface area contributed by atoms with Gasteiger partial charge in [-0.2, -0.15) is 5.10 Å². The number of carbonyl (C=O) groups is 1. The highest BCUT2D eigenvalue weighted by Gasteiger charge is 2.32. The average Bonchev–Trinajstić information content (AvgIpc) is 3.01. The Hall–Kier alpha value is -2.53. The van der Waals surface area contributed by atoms with Crippen molar-refractivity contribution in [2.75, 3.05) is 12.1 Å². The smallest absolute Gasteiger partial charge is 0.352 e. The lowest BCUT2D eigenvalue weighted by Gasteiger charge is -2.24. The number of benzene rings is 2. The summed E-state index contributed by atoms with van der Waals surface area (Å²) in [7, 11) is 1.60. The van der Waals surface area contributed by atoms with Crippen LogP contribution in [-0.2, 0) is 4.79 Å². The van der Waals surface area contributed by atoms with Crippen LogP contribution in [0.25, 0.3) is 0 Å². The molecule has 118 valence electrons. The van der Waals surface area contributed by atoms with Crippen LogP contribution in [0.15, 0.2) is 53.6 Å². The summed E-state index contributed by atoms with van der Waals surface area (Å²) in [5.74, 6) is -0.265. The zero-order valence-corrected chi connectivity index (χ0v) is 13.2. The molecule has 0 saturated carbocycles. The van der Waals surface area contributed by atoms with E-state index in [4.69, 9.17) is 16.3 Å². The molecule has 0 fully saturated rings. The molecule has 0 spiro atoms. The van der Waals surface area contributed by atoms with E-state index in [0.29, 0.717) is 11.4 Å². The Labute approximate surface area is 138 Å². The van der Waals surface area contributed by atoms with Crippen molar-refractivity contribution in [1.29, 1.82) is 0 Å². The summed E-state index contributed by atoms with van der Waals surface area (Å²) in [5.41, 5.74) is 1.91. The summed E-state index contributed by atoms with van der Waals surface area (Å²) >= 11 is 5.93. The van der Waals surface area contributed by atoms with E-state index in [1.54, 1.807) is 24.3 Å². The summed E-state index contributed by atoms with van der Waals surface area (Å²) in [6.07, 6.45) is 0.336. The van der Waals surface area contributed by atoms with Gasteiger partial charge in [0.05, 0.1) is 18.8 Å². The first kappa shape index (κ1) is 15.4. The second-order valence-electron chi connectivity index (χ2n) is 5.17. The van der Waals surface area contributed by atoms with Gasteiger partial charge >= 0.3 is 5.97 Å². The van der Waals surface area contributed by atoms with Crippen LogP contribution in [0.2, 0.25) is 5.02 Å². The van der Waals surface area contributed by atoms with Gasteiger partial charge < -0.3 is 9.84 Å². The van der Waals surface area contributed by atoms with E-state index in [9.17, 15) is 9.90 Å². The number of carboxylic acid groups (broad SMARTS) is 1. The van der Waals surface area contributed by atoms with E-state index in [-0.39, 0.29) is 11.8 Å². The largest absolute Gasteiger partial charge is 0.497 e. The molecule has 0 amide bonds. The fourth-order valence-electron chi connectivity index (χ4n) is 2.56. The number of rotatable bonds is 4. The van der Waals surface area contributed by atoms with Crippen molar-refractivity contribution in [2.45, 2.75) is 12.5 Å². The fourth-order valence-corrected chi connectivity index (χ4v) is 2.68. The van der Waals surface area contributed by atoms with Gasteiger partial charge in [-0.15, -0.1) is 0 Å². The quantitative estimate of drug-likeness (QED) is 0.927. The van der Waals surface area contributed by atoms with Crippen LogP contribution in [0.5, 0.6) is 5.75 Å². The van der Waals surface area contributed by atoms with Crippen molar-refractivity contribution in [1.82, 2.24) is 0 Å². The molecule has 0 saturated heterocycles. The van der Waals surface area contributed by atoms with Gasteiger partial charge in [0, 0.05) is 11.4 Å². The normalized spacial score (nSPS) is 17.0. The van der Waals surface area contributed by atoms with Crippen molar-refractivity contribution >= 4 is 29.0 Å². The van der Waals surface area contributed by atoms with E-state index < -0.39 is 5.97 Å². The SMILES string of the molecule is COc1ccc(N2N=C(C(=O)O)CC2c2ccc(Cl)cc2)cc1. The molecule has 0 radical (unpaired) electrons. The number of anilines is 1. The second-order valence-corrected chi connectivity index (χ2v) is 5.60. The van der Waals surface area contributed by atoms with Crippen LogP contribution in [-0.4, -0.2) is 23.9 Å². The minimum absolute atomic E-state index is 0.140.